The van der Waals surface area contributed by atoms with E-state index in [1.807, 2.05) is 44.2 Å². The van der Waals surface area contributed by atoms with E-state index in [-0.39, 0.29) is 19.6 Å². The molecule has 0 saturated carbocycles. The molecule has 1 aromatic carbocycles. The first-order chi connectivity index (χ1) is 15.5. The minimum Gasteiger partial charge on any atom is -0.365 e. The van der Waals surface area contributed by atoms with Gasteiger partial charge in [-0.15, -0.1) is 0 Å². The third-order valence-electron chi connectivity index (χ3n) is 7.63. The standard InChI is InChI=1S/C25H27ClF3N3O/c1-22(2,19-4-6-20(26)7-5-19)32-13-11-23(17-32,24(12-14-33-24)25(27,28)29)10-9-21-8-3-18(15-30)16-31-21/h3-8,16H,9-14,17H2,1-2H3/t23-,24?/m1/s1. The fourth-order valence-electron chi connectivity index (χ4n) is 5.38. The van der Waals surface area contributed by atoms with E-state index in [0.29, 0.717) is 42.1 Å². The number of halogens is 4. The number of nitrogens with zero attached hydrogens (tertiary/aromatic N) is 3. The Balaban J connectivity index is 1.64. The zero-order valence-corrected chi connectivity index (χ0v) is 19.5. The molecule has 4 nitrogen and oxygen atoms in total. The summed E-state index contributed by atoms with van der Waals surface area (Å²) in [4.78, 5) is 6.42. The van der Waals surface area contributed by atoms with Crippen molar-refractivity contribution < 1.29 is 17.9 Å². The van der Waals surface area contributed by atoms with Gasteiger partial charge in [0.05, 0.1) is 12.2 Å². The molecule has 2 saturated heterocycles. The molecule has 1 unspecified atom stereocenters. The maximum Gasteiger partial charge on any atom is 0.418 e. The van der Waals surface area contributed by atoms with Gasteiger partial charge in [0, 0.05) is 40.8 Å². The van der Waals surface area contributed by atoms with Crippen LogP contribution in [0.5, 0.6) is 0 Å². The average Bonchev–Trinajstić information content (AvgIpc) is 3.17. The van der Waals surface area contributed by atoms with Crippen LogP contribution in [-0.4, -0.2) is 41.4 Å². The van der Waals surface area contributed by atoms with Crippen molar-refractivity contribution in [1.82, 2.24) is 9.88 Å². The smallest absolute Gasteiger partial charge is 0.365 e. The number of hydrogen-bond donors (Lipinski definition) is 0. The Labute approximate surface area is 197 Å². The van der Waals surface area contributed by atoms with Gasteiger partial charge in [0.2, 0.25) is 0 Å². The molecule has 0 radical (unpaired) electrons. The number of nitriles is 1. The fraction of sp³-hybridized carbons (Fsp3) is 0.520. The first-order valence-electron chi connectivity index (χ1n) is 11.1. The summed E-state index contributed by atoms with van der Waals surface area (Å²) in [5.41, 5.74) is -1.57. The summed E-state index contributed by atoms with van der Waals surface area (Å²) in [5.74, 6) is 0. The van der Waals surface area contributed by atoms with Gasteiger partial charge in [-0.1, -0.05) is 23.7 Å². The monoisotopic (exact) mass is 477 g/mol. The van der Waals surface area contributed by atoms with Crippen LogP contribution in [0.3, 0.4) is 0 Å². The van der Waals surface area contributed by atoms with Crippen molar-refractivity contribution in [3.63, 3.8) is 0 Å². The molecule has 3 heterocycles. The zero-order valence-electron chi connectivity index (χ0n) is 18.8. The highest BCUT2D eigenvalue weighted by atomic mass is 35.5. The van der Waals surface area contributed by atoms with Gasteiger partial charge < -0.3 is 4.74 Å². The lowest BCUT2D eigenvalue weighted by molar-refractivity contribution is -0.366. The number of alkyl halides is 3. The predicted octanol–water partition coefficient (Wildman–Crippen LogP) is 5.89. The van der Waals surface area contributed by atoms with Crippen molar-refractivity contribution in [3.05, 3.63) is 64.4 Å². The molecule has 0 spiro atoms. The molecule has 4 rings (SSSR count). The molecule has 2 aliphatic rings. The lowest BCUT2D eigenvalue weighted by Crippen LogP contribution is -2.67. The minimum atomic E-state index is -4.45. The van der Waals surface area contributed by atoms with E-state index in [4.69, 9.17) is 21.6 Å². The van der Waals surface area contributed by atoms with Crippen molar-refractivity contribution >= 4 is 11.6 Å². The summed E-state index contributed by atoms with van der Waals surface area (Å²) in [6, 6.07) is 12.9. The lowest BCUT2D eigenvalue weighted by atomic mass is 9.63. The number of ether oxygens (including phenoxy) is 1. The first kappa shape index (κ1) is 24.0. The van der Waals surface area contributed by atoms with Gasteiger partial charge in [0.1, 0.15) is 6.07 Å². The molecule has 0 N–H and O–H groups in total. The highest BCUT2D eigenvalue weighted by molar-refractivity contribution is 6.30. The number of aromatic nitrogens is 1. The molecular formula is C25H27ClF3N3O. The number of hydrogen-bond acceptors (Lipinski definition) is 4. The van der Waals surface area contributed by atoms with Gasteiger partial charge in [0.15, 0.2) is 5.60 Å². The van der Waals surface area contributed by atoms with Crippen LogP contribution < -0.4 is 0 Å². The number of aryl methyl sites for hydroxylation is 1. The Bertz CT molecular complexity index is 1030. The Hall–Kier alpha value is -2.14. The van der Waals surface area contributed by atoms with Crippen molar-refractivity contribution in [2.45, 2.75) is 56.8 Å². The van der Waals surface area contributed by atoms with Gasteiger partial charge in [-0.2, -0.15) is 18.4 Å². The molecule has 2 aliphatic heterocycles. The van der Waals surface area contributed by atoms with E-state index in [1.54, 1.807) is 12.1 Å². The van der Waals surface area contributed by atoms with E-state index in [2.05, 4.69) is 9.88 Å². The fourth-order valence-corrected chi connectivity index (χ4v) is 5.51. The highest BCUT2D eigenvalue weighted by Crippen LogP contribution is 2.60. The van der Waals surface area contributed by atoms with Crippen molar-refractivity contribution in [2.24, 2.45) is 5.41 Å². The molecule has 1 aromatic heterocycles. The molecule has 0 aliphatic carbocycles. The number of likely N-dealkylation sites (tertiary alicyclic amines) is 1. The summed E-state index contributed by atoms with van der Waals surface area (Å²) in [6.45, 7) is 5.01. The third kappa shape index (κ3) is 4.14. The van der Waals surface area contributed by atoms with Crippen LogP contribution in [0.4, 0.5) is 13.2 Å². The minimum absolute atomic E-state index is 0.0213. The summed E-state index contributed by atoms with van der Waals surface area (Å²) in [7, 11) is 0. The summed E-state index contributed by atoms with van der Waals surface area (Å²) in [5, 5.41) is 9.60. The van der Waals surface area contributed by atoms with Crippen LogP contribution in [-0.2, 0) is 16.7 Å². The van der Waals surface area contributed by atoms with Crippen LogP contribution >= 0.6 is 11.6 Å². The molecule has 2 fully saturated rings. The second kappa shape index (κ2) is 8.57. The largest absolute Gasteiger partial charge is 0.418 e. The van der Waals surface area contributed by atoms with Gasteiger partial charge in [-0.05, 0) is 69.5 Å². The van der Waals surface area contributed by atoms with Gasteiger partial charge >= 0.3 is 6.18 Å². The number of rotatable bonds is 6. The van der Waals surface area contributed by atoms with Crippen LogP contribution in [0.25, 0.3) is 0 Å². The zero-order chi connectivity index (χ0) is 23.9. The van der Waals surface area contributed by atoms with Crippen LogP contribution in [0, 0.1) is 16.7 Å². The maximum absolute atomic E-state index is 14.5. The van der Waals surface area contributed by atoms with E-state index in [9.17, 15) is 13.2 Å². The number of benzene rings is 1. The molecule has 0 bridgehead atoms. The van der Waals surface area contributed by atoms with Crippen LogP contribution in [0.2, 0.25) is 5.02 Å². The molecular weight excluding hydrogens is 451 g/mol. The van der Waals surface area contributed by atoms with Crippen LogP contribution in [0.1, 0.15) is 49.9 Å². The first-order valence-corrected chi connectivity index (χ1v) is 11.5. The Kier molecular flexibility index (Phi) is 6.24. The van der Waals surface area contributed by atoms with E-state index in [1.165, 1.54) is 6.20 Å². The molecule has 2 atom stereocenters. The van der Waals surface area contributed by atoms with E-state index in [0.717, 1.165) is 5.56 Å². The van der Waals surface area contributed by atoms with Gasteiger partial charge in [0.25, 0.3) is 0 Å². The summed E-state index contributed by atoms with van der Waals surface area (Å²) < 4.78 is 48.8. The van der Waals surface area contributed by atoms with Crippen molar-refractivity contribution in [3.8, 4) is 6.07 Å². The Morgan fingerprint density at radius 2 is 1.85 bits per heavy atom. The van der Waals surface area contributed by atoms with E-state index >= 15 is 0 Å². The molecule has 0 amide bonds. The summed E-state index contributed by atoms with van der Waals surface area (Å²) in [6.07, 6.45) is -1.93. The van der Waals surface area contributed by atoms with Gasteiger partial charge in [-0.25, -0.2) is 0 Å². The quantitative estimate of drug-likeness (QED) is 0.520. The Morgan fingerprint density at radius 3 is 2.36 bits per heavy atom. The SMILES string of the molecule is CC(C)(c1ccc(Cl)cc1)N1CC[C@@](CCc2ccc(C#N)cn2)(C2(C(F)(F)F)CCO2)C1. The molecule has 8 heteroatoms. The molecule has 33 heavy (non-hydrogen) atoms. The predicted molar refractivity (Wildman–Crippen MR) is 120 cm³/mol. The lowest BCUT2D eigenvalue weighted by Gasteiger charge is -2.55. The number of pyridine rings is 1. The second-order valence-corrected chi connectivity index (χ2v) is 10.0. The summed E-state index contributed by atoms with van der Waals surface area (Å²) >= 11 is 6.04. The van der Waals surface area contributed by atoms with E-state index < -0.39 is 22.7 Å². The Morgan fingerprint density at radius 1 is 1.15 bits per heavy atom. The highest BCUT2D eigenvalue weighted by Gasteiger charge is 2.72. The topological polar surface area (TPSA) is 49.2 Å². The average molecular weight is 478 g/mol. The van der Waals surface area contributed by atoms with Crippen molar-refractivity contribution in [1.29, 1.82) is 5.26 Å². The van der Waals surface area contributed by atoms with Crippen LogP contribution in [0.15, 0.2) is 42.6 Å². The van der Waals surface area contributed by atoms with Gasteiger partial charge in [-0.3, -0.25) is 9.88 Å². The second-order valence-electron chi connectivity index (χ2n) is 9.59. The third-order valence-corrected chi connectivity index (χ3v) is 7.88. The van der Waals surface area contributed by atoms with Crippen molar-refractivity contribution in [2.75, 3.05) is 19.7 Å². The molecule has 2 aromatic rings. The normalized spacial score (nSPS) is 26.1. The molecule has 176 valence electrons. The maximum atomic E-state index is 14.5.